The van der Waals surface area contributed by atoms with Crippen LogP contribution in [0.25, 0.3) is 5.57 Å². The average Bonchev–Trinajstić information content (AvgIpc) is 2.49. The van der Waals surface area contributed by atoms with Gasteiger partial charge in [-0.3, -0.25) is 0 Å². The fourth-order valence-electron chi connectivity index (χ4n) is 2.39. The van der Waals surface area contributed by atoms with E-state index in [-0.39, 0.29) is 6.04 Å². The Morgan fingerprint density at radius 3 is 2.60 bits per heavy atom. The molecule has 0 radical (unpaired) electrons. The lowest BCUT2D eigenvalue weighted by atomic mass is 9.99. The highest BCUT2D eigenvalue weighted by molar-refractivity contribution is 5.86. The molecule has 0 fully saturated rings. The van der Waals surface area contributed by atoms with Gasteiger partial charge >= 0.3 is 0 Å². The van der Waals surface area contributed by atoms with Crippen molar-refractivity contribution in [1.82, 2.24) is 0 Å². The summed E-state index contributed by atoms with van der Waals surface area (Å²) in [4.78, 5) is 2.14. The van der Waals surface area contributed by atoms with Crippen LogP contribution in [0.5, 0.6) is 0 Å². The van der Waals surface area contributed by atoms with Crippen molar-refractivity contribution in [3.63, 3.8) is 0 Å². The Morgan fingerprint density at radius 1 is 1.05 bits per heavy atom. The fourth-order valence-corrected chi connectivity index (χ4v) is 2.39. The molecular weight excluding hydrogens is 244 g/mol. The summed E-state index contributed by atoms with van der Waals surface area (Å²) in [6.07, 6.45) is 16.6. The highest BCUT2D eigenvalue weighted by Crippen LogP contribution is 2.31. The van der Waals surface area contributed by atoms with Crippen LogP contribution in [0.3, 0.4) is 0 Å². The summed E-state index contributed by atoms with van der Waals surface area (Å²) < 4.78 is 0. The monoisotopic (exact) mass is 262 g/mol. The lowest BCUT2D eigenvalue weighted by Crippen LogP contribution is -2.14. The van der Waals surface area contributed by atoms with Crippen molar-refractivity contribution in [2.24, 2.45) is 5.73 Å². The van der Waals surface area contributed by atoms with Gasteiger partial charge in [0, 0.05) is 30.5 Å². The van der Waals surface area contributed by atoms with Crippen LogP contribution < -0.4 is 10.6 Å². The number of fused-ring (bicyclic) bond motifs is 1. The first-order valence-corrected chi connectivity index (χ1v) is 6.78. The quantitative estimate of drug-likeness (QED) is 0.840. The Bertz CT molecular complexity index is 644. The third kappa shape index (κ3) is 2.51. The SMILES string of the molecule is CN1C=C/C(=C\C=C2C=CC(N)C=C2)c2ccccc21. The van der Waals surface area contributed by atoms with E-state index in [2.05, 4.69) is 72.8 Å². The average molecular weight is 262 g/mol. The molecule has 2 nitrogen and oxygen atoms in total. The molecule has 0 bridgehead atoms. The van der Waals surface area contributed by atoms with E-state index in [9.17, 15) is 0 Å². The van der Waals surface area contributed by atoms with Gasteiger partial charge < -0.3 is 10.6 Å². The van der Waals surface area contributed by atoms with E-state index in [0.717, 1.165) is 0 Å². The molecule has 2 aliphatic rings. The van der Waals surface area contributed by atoms with Crippen molar-refractivity contribution >= 4 is 11.3 Å². The number of nitrogens with zero attached hydrogens (tertiary/aromatic N) is 1. The minimum absolute atomic E-state index is 0.0451. The summed E-state index contributed by atoms with van der Waals surface area (Å²) in [6, 6.07) is 8.48. The second kappa shape index (κ2) is 5.35. The molecule has 3 rings (SSSR count). The summed E-state index contributed by atoms with van der Waals surface area (Å²) >= 11 is 0. The molecule has 20 heavy (non-hydrogen) atoms. The second-order valence-corrected chi connectivity index (χ2v) is 5.03. The van der Waals surface area contributed by atoms with Crippen molar-refractivity contribution in [2.45, 2.75) is 6.04 Å². The van der Waals surface area contributed by atoms with Crippen molar-refractivity contribution in [3.8, 4) is 0 Å². The van der Waals surface area contributed by atoms with Gasteiger partial charge in [0.05, 0.1) is 0 Å². The van der Waals surface area contributed by atoms with Gasteiger partial charge in [0.15, 0.2) is 0 Å². The van der Waals surface area contributed by atoms with Crippen LogP contribution >= 0.6 is 0 Å². The third-order valence-corrected chi connectivity index (χ3v) is 3.55. The molecule has 1 aromatic rings. The molecule has 1 aromatic carbocycles. The molecule has 2 N–H and O–H groups in total. The molecule has 0 saturated carbocycles. The first-order chi connectivity index (χ1) is 9.74. The lowest BCUT2D eigenvalue weighted by Gasteiger charge is -2.23. The fraction of sp³-hybridized carbons (Fsp3) is 0.111. The van der Waals surface area contributed by atoms with Gasteiger partial charge in [-0.15, -0.1) is 0 Å². The van der Waals surface area contributed by atoms with Gasteiger partial charge in [-0.1, -0.05) is 54.7 Å². The number of hydrogen-bond donors (Lipinski definition) is 1. The maximum absolute atomic E-state index is 5.78. The number of hydrogen-bond acceptors (Lipinski definition) is 2. The summed E-state index contributed by atoms with van der Waals surface area (Å²) in [6.45, 7) is 0. The third-order valence-electron chi connectivity index (χ3n) is 3.55. The number of para-hydroxylation sites is 1. The molecule has 0 aromatic heterocycles. The maximum atomic E-state index is 5.78. The maximum Gasteiger partial charge on any atom is 0.0483 e. The van der Waals surface area contributed by atoms with Crippen molar-refractivity contribution in [2.75, 3.05) is 11.9 Å². The Kier molecular flexibility index (Phi) is 3.40. The number of rotatable bonds is 1. The summed E-state index contributed by atoms with van der Waals surface area (Å²) in [5.74, 6) is 0. The number of anilines is 1. The van der Waals surface area contributed by atoms with E-state index in [1.807, 2.05) is 12.2 Å². The molecule has 0 amide bonds. The zero-order chi connectivity index (χ0) is 13.9. The number of nitrogens with two attached hydrogens (primary N) is 1. The van der Waals surface area contributed by atoms with Gasteiger partial charge in [-0.2, -0.15) is 0 Å². The molecule has 0 atom stereocenters. The van der Waals surface area contributed by atoms with Crippen LogP contribution in [-0.2, 0) is 0 Å². The normalized spacial score (nSPS) is 22.3. The zero-order valence-corrected chi connectivity index (χ0v) is 11.5. The van der Waals surface area contributed by atoms with E-state index in [1.54, 1.807) is 0 Å². The van der Waals surface area contributed by atoms with Crippen LogP contribution in [0, 0.1) is 0 Å². The van der Waals surface area contributed by atoms with E-state index >= 15 is 0 Å². The Balaban J connectivity index is 1.93. The van der Waals surface area contributed by atoms with E-state index in [4.69, 9.17) is 5.73 Å². The first kappa shape index (κ1) is 12.7. The van der Waals surface area contributed by atoms with Crippen molar-refractivity contribution in [1.29, 1.82) is 0 Å². The molecule has 1 heterocycles. The van der Waals surface area contributed by atoms with E-state index in [1.165, 1.54) is 22.4 Å². The number of allylic oxidation sites excluding steroid dienone is 7. The summed E-state index contributed by atoms with van der Waals surface area (Å²) in [7, 11) is 2.07. The molecule has 0 spiro atoms. The smallest absolute Gasteiger partial charge is 0.0483 e. The Hall–Kier alpha value is -2.32. The summed E-state index contributed by atoms with van der Waals surface area (Å²) in [5.41, 5.74) is 10.7. The molecule has 0 unspecified atom stereocenters. The highest BCUT2D eigenvalue weighted by atomic mass is 15.1. The zero-order valence-electron chi connectivity index (χ0n) is 11.5. The first-order valence-electron chi connectivity index (χ1n) is 6.78. The molecule has 1 aliphatic carbocycles. The van der Waals surface area contributed by atoms with Gasteiger partial charge in [0.2, 0.25) is 0 Å². The number of benzene rings is 1. The molecule has 2 heteroatoms. The predicted octanol–water partition coefficient (Wildman–Crippen LogP) is 3.41. The minimum atomic E-state index is 0.0451. The van der Waals surface area contributed by atoms with Crippen LogP contribution in [0.2, 0.25) is 0 Å². The second-order valence-electron chi connectivity index (χ2n) is 5.03. The van der Waals surface area contributed by atoms with Gasteiger partial charge in [0.1, 0.15) is 0 Å². The molecule has 0 saturated heterocycles. The van der Waals surface area contributed by atoms with Crippen LogP contribution in [0.1, 0.15) is 5.56 Å². The molecular formula is C18H18N2. The van der Waals surface area contributed by atoms with Gasteiger partial charge in [-0.05, 0) is 23.3 Å². The van der Waals surface area contributed by atoms with E-state index in [0.29, 0.717) is 0 Å². The molecule has 1 aliphatic heterocycles. The van der Waals surface area contributed by atoms with Gasteiger partial charge in [-0.25, -0.2) is 0 Å². The summed E-state index contributed by atoms with van der Waals surface area (Å²) in [5, 5.41) is 0. The lowest BCUT2D eigenvalue weighted by molar-refractivity contribution is 1.02. The highest BCUT2D eigenvalue weighted by Gasteiger charge is 2.11. The van der Waals surface area contributed by atoms with E-state index < -0.39 is 0 Å². The molecule has 100 valence electrons. The van der Waals surface area contributed by atoms with Crippen LogP contribution in [-0.4, -0.2) is 13.1 Å². The van der Waals surface area contributed by atoms with Gasteiger partial charge in [0.25, 0.3) is 0 Å². The van der Waals surface area contributed by atoms with Crippen molar-refractivity contribution < 1.29 is 0 Å². The Labute approximate surface area is 119 Å². The predicted molar refractivity (Wildman–Crippen MR) is 86.3 cm³/mol. The topological polar surface area (TPSA) is 29.3 Å². The largest absolute Gasteiger partial charge is 0.351 e. The van der Waals surface area contributed by atoms with Crippen LogP contribution in [0.4, 0.5) is 5.69 Å². The van der Waals surface area contributed by atoms with Crippen molar-refractivity contribution in [3.05, 3.63) is 84.1 Å². The Morgan fingerprint density at radius 2 is 1.80 bits per heavy atom. The standard InChI is InChI=1S/C18H18N2/c1-20-13-12-15(17-4-2-3-5-18(17)20)9-6-14-7-10-16(19)11-8-14/h2-13,16H,19H2,1H3/b14-6?,15-9+. The van der Waals surface area contributed by atoms with Crippen LogP contribution in [0.15, 0.2) is 78.6 Å². The minimum Gasteiger partial charge on any atom is -0.351 e.